The molecule has 0 aromatic carbocycles. The van der Waals surface area contributed by atoms with Crippen LogP contribution in [-0.4, -0.2) is 34.6 Å². The van der Waals surface area contributed by atoms with E-state index in [1.807, 2.05) is 6.92 Å². The van der Waals surface area contributed by atoms with Crippen LogP contribution in [0.3, 0.4) is 0 Å². The SMILES string of the molecule is CCCc1c(Cl)[nH]c(=O)n(CC2CCN(C)C2)c1=O. The summed E-state index contributed by atoms with van der Waals surface area (Å²) < 4.78 is 1.31. The number of hydrogen-bond acceptors (Lipinski definition) is 3. The van der Waals surface area contributed by atoms with Gasteiger partial charge < -0.3 is 4.90 Å². The summed E-state index contributed by atoms with van der Waals surface area (Å²) in [7, 11) is 2.05. The third-order valence-electron chi connectivity index (χ3n) is 3.66. The highest BCUT2D eigenvalue weighted by atomic mass is 35.5. The second-order valence-corrected chi connectivity index (χ2v) is 5.68. The van der Waals surface area contributed by atoms with Crippen LogP contribution in [0.4, 0.5) is 0 Å². The highest BCUT2D eigenvalue weighted by Gasteiger charge is 2.22. The van der Waals surface area contributed by atoms with Crippen molar-refractivity contribution in [1.29, 1.82) is 0 Å². The van der Waals surface area contributed by atoms with E-state index < -0.39 is 5.69 Å². The van der Waals surface area contributed by atoms with Gasteiger partial charge in [-0.05, 0) is 32.4 Å². The van der Waals surface area contributed by atoms with Gasteiger partial charge in [-0.25, -0.2) is 4.79 Å². The van der Waals surface area contributed by atoms with Crippen LogP contribution >= 0.6 is 11.6 Å². The minimum atomic E-state index is -0.399. The van der Waals surface area contributed by atoms with Crippen LogP contribution in [0, 0.1) is 5.92 Å². The van der Waals surface area contributed by atoms with Gasteiger partial charge in [0.1, 0.15) is 5.15 Å². The maximum atomic E-state index is 12.3. The van der Waals surface area contributed by atoms with Crippen LogP contribution in [0.15, 0.2) is 9.59 Å². The molecule has 106 valence electrons. The Hall–Kier alpha value is -1.07. The number of likely N-dealkylation sites (tertiary alicyclic amines) is 1. The first-order chi connectivity index (χ1) is 9.02. The largest absolute Gasteiger partial charge is 0.329 e. The molecule has 0 radical (unpaired) electrons. The van der Waals surface area contributed by atoms with Gasteiger partial charge in [0, 0.05) is 13.1 Å². The van der Waals surface area contributed by atoms with Crippen LogP contribution in [0.25, 0.3) is 0 Å². The van der Waals surface area contributed by atoms with Gasteiger partial charge in [-0.2, -0.15) is 0 Å². The van der Waals surface area contributed by atoms with Crippen LogP contribution < -0.4 is 11.2 Å². The van der Waals surface area contributed by atoms with Crippen molar-refractivity contribution >= 4 is 11.6 Å². The number of aromatic amines is 1. The zero-order valence-electron chi connectivity index (χ0n) is 11.4. The normalized spacial score (nSPS) is 20.1. The molecule has 1 fully saturated rings. The third kappa shape index (κ3) is 3.09. The lowest BCUT2D eigenvalue weighted by Gasteiger charge is -2.13. The summed E-state index contributed by atoms with van der Waals surface area (Å²) in [6, 6.07) is 0. The van der Waals surface area contributed by atoms with Crippen LogP contribution in [0.2, 0.25) is 5.15 Å². The lowest BCUT2D eigenvalue weighted by Crippen LogP contribution is -2.39. The number of rotatable bonds is 4. The van der Waals surface area contributed by atoms with E-state index in [-0.39, 0.29) is 10.7 Å². The highest BCUT2D eigenvalue weighted by molar-refractivity contribution is 6.30. The predicted molar refractivity (Wildman–Crippen MR) is 75.9 cm³/mol. The standard InChI is InChI=1S/C13H20ClN3O2/c1-3-4-10-11(14)15-13(19)17(12(10)18)8-9-5-6-16(2)7-9/h9H,3-8H2,1-2H3,(H,15,19). The van der Waals surface area contributed by atoms with Crippen LogP contribution in [0.5, 0.6) is 0 Å². The first kappa shape index (κ1) is 14.3. The highest BCUT2D eigenvalue weighted by Crippen LogP contribution is 2.15. The summed E-state index contributed by atoms with van der Waals surface area (Å²) in [5.74, 6) is 0.361. The van der Waals surface area contributed by atoms with Crippen molar-refractivity contribution < 1.29 is 0 Å². The van der Waals surface area contributed by atoms with Crippen LogP contribution in [-0.2, 0) is 13.0 Å². The zero-order valence-corrected chi connectivity index (χ0v) is 12.2. The lowest BCUT2D eigenvalue weighted by atomic mass is 10.1. The van der Waals surface area contributed by atoms with Crippen molar-refractivity contribution in [2.45, 2.75) is 32.7 Å². The molecule has 2 heterocycles. The fraction of sp³-hybridized carbons (Fsp3) is 0.692. The van der Waals surface area contributed by atoms with Crippen LogP contribution in [0.1, 0.15) is 25.3 Å². The molecule has 1 saturated heterocycles. The fourth-order valence-electron chi connectivity index (χ4n) is 2.65. The second kappa shape index (κ2) is 5.92. The molecule has 1 aromatic heterocycles. The summed E-state index contributed by atoms with van der Waals surface area (Å²) in [4.78, 5) is 29.0. The Labute approximate surface area is 117 Å². The molecule has 2 rings (SSSR count). The van der Waals surface area contributed by atoms with Gasteiger partial charge >= 0.3 is 5.69 Å². The van der Waals surface area contributed by atoms with Gasteiger partial charge in [0.2, 0.25) is 0 Å². The Morgan fingerprint density at radius 1 is 1.42 bits per heavy atom. The molecular formula is C13H20ClN3O2. The molecule has 0 saturated carbocycles. The van der Waals surface area contributed by atoms with E-state index in [1.165, 1.54) is 4.57 Å². The molecule has 0 aliphatic carbocycles. The third-order valence-corrected chi connectivity index (χ3v) is 3.98. The van der Waals surface area contributed by atoms with E-state index >= 15 is 0 Å². The van der Waals surface area contributed by atoms with Crippen molar-refractivity contribution in [1.82, 2.24) is 14.5 Å². The molecule has 6 heteroatoms. The van der Waals surface area contributed by atoms with E-state index in [0.717, 1.165) is 25.9 Å². The Balaban J connectivity index is 2.32. The number of nitrogens with zero attached hydrogens (tertiary/aromatic N) is 2. The smallest absolute Gasteiger partial charge is 0.306 e. The summed E-state index contributed by atoms with van der Waals surface area (Å²) in [6.45, 7) is 4.41. The van der Waals surface area contributed by atoms with Gasteiger partial charge in [-0.1, -0.05) is 24.9 Å². The molecule has 1 aliphatic heterocycles. The summed E-state index contributed by atoms with van der Waals surface area (Å²) in [5, 5.41) is 0.191. The molecule has 1 aliphatic rings. The van der Waals surface area contributed by atoms with Gasteiger partial charge in [-0.15, -0.1) is 0 Å². The number of H-pyrrole nitrogens is 1. The fourth-order valence-corrected chi connectivity index (χ4v) is 2.91. The molecule has 1 N–H and O–H groups in total. The molecule has 1 aromatic rings. The molecule has 0 amide bonds. The summed E-state index contributed by atoms with van der Waals surface area (Å²) in [6.07, 6.45) is 2.44. The first-order valence-electron chi connectivity index (χ1n) is 6.73. The van der Waals surface area contributed by atoms with Crippen molar-refractivity contribution in [2.24, 2.45) is 5.92 Å². The molecule has 1 unspecified atom stereocenters. The van der Waals surface area contributed by atoms with Gasteiger partial charge in [0.05, 0.1) is 5.56 Å². The predicted octanol–water partition coefficient (Wildman–Crippen LogP) is 1.09. The average molecular weight is 286 g/mol. The van der Waals surface area contributed by atoms with E-state index in [4.69, 9.17) is 11.6 Å². The molecule has 5 nitrogen and oxygen atoms in total. The minimum absolute atomic E-state index is 0.191. The topological polar surface area (TPSA) is 58.1 Å². The maximum absolute atomic E-state index is 12.3. The Bertz CT molecular complexity index is 564. The Morgan fingerprint density at radius 2 is 2.16 bits per heavy atom. The van der Waals surface area contributed by atoms with Crippen molar-refractivity contribution in [3.63, 3.8) is 0 Å². The van der Waals surface area contributed by atoms with E-state index in [2.05, 4.69) is 16.9 Å². The van der Waals surface area contributed by atoms with E-state index in [1.54, 1.807) is 0 Å². The van der Waals surface area contributed by atoms with E-state index in [0.29, 0.717) is 24.4 Å². The number of nitrogens with one attached hydrogen (secondary N) is 1. The second-order valence-electron chi connectivity index (χ2n) is 5.31. The van der Waals surface area contributed by atoms with Crippen molar-refractivity contribution in [2.75, 3.05) is 20.1 Å². The molecule has 0 spiro atoms. The number of halogens is 1. The summed E-state index contributed by atoms with van der Waals surface area (Å²) in [5.41, 5.74) is -0.107. The Morgan fingerprint density at radius 3 is 2.74 bits per heavy atom. The molecular weight excluding hydrogens is 266 g/mol. The Kier molecular flexibility index (Phi) is 4.47. The van der Waals surface area contributed by atoms with Gasteiger partial charge in [0.15, 0.2) is 0 Å². The number of hydrogen-bond donors (Lipinski definition) is 1. The average Bonchev–Trinajstić information content (AvgIpc) is 2.76. The zero-order chi connectivity index (χ0) is 14.0. The maximum Gasteiger partial charge on any atom is 0.329 e. The summed E-state index contributed by atoms with van der Waals surface area (Å²) >= 11 is 5.95. The van der Waals surface area contributed by atoms with Gasteiger partial charge in [-0.3, -0.25) is 14.3 Å². The molecule has 1 atom stereocenters. The monoisotopic (exact) mass is 285 g/mol. The lowest BCUT2D eigenvalue weighted by molar-refractivity contribution is 0.372. The first-order valence-corrected chi connectivity index (χ1v) is 7.10. The van der Waals surface area contributed by atoms with Crippen molar-refractivity contribution in [3.8, 4) is 0 Å². The molecule has 0 bridgehead atoms. The molecule has 19 heavy (non-hydrogen) atoms. The van der Waals surface area contributed by atoms with Crippen molar-refractivity contribution in [3.05, 3.63) is 31.6 Å². The van der Waals surface area contributed by atoms with E-state index in [9.17, 15) is 9.59 Å². The minimum Gasteiger partial charge on any atom is -0.306 e. The number of aromatic nitrogens is 2. The quantitative estimate of drug-likeness (QED) is 0.843. The van der Waals surface area contributed by atoms with Gasteiger partial charge in [0.25, 0.3) is 5.56 Å².